The van der Waals surface area contributed by atoms with Crippen molar-refractivity contribution in [3.8, 4) is 0 Å². The van der Waals surface area contributed by atoms with Crippen LogP contribution in [0, 0.1) is 11.7 Å². The molecule has 1 saturated carbocycles. The second kappa shape index (κ2) is 10.2. The van der Waals surface area contributed by atoms with Gasteiger partial charge in [0.05, 0.1) is 18.8 Å². The summed E-state index contributed by atoms with van der Waals surface area (Å²) in [4.78, 5) is 31.8. The Morgan fingerprint density at radius 1 is 1.12 bits per heavy atom. The highest BCUT2D eigenvalue weighted by Crippen LogP contribution is 2.32. The fourth-order valence-corrected chi connectivity index (χ4v) is 4.81. The summed E-state index contributed by atoms with van der Waals surface area (Å²) in [5, 5.41) is 2.82. The number of carbonyl (C=O) groups is 2. The van der Waals surface area contributed by atoms with Gasteiger partial charge in [0.2, 0.25) is 5.91 Å². The van der Waals surface area contributed by atoms with Crippen molar-refractivity contribution >= 4 is 17.6 Å². The van der Waals surface area contributed by atoms with Crippen molar-refractivity contribution in [3.05, 3.63) is 54.2 Å². The molecule has 2 aromatic rings. The van der Waals surface area contributed by atoms with Gasteiger partial charge in [-0.05, 0) is 55.2 Å². The van der Waals surface area contributed by atoms with Gasteiger partial charge in [-0.1, -0.05) is 12.8 Å². The quantitative estimate of drug-likeness (QED) is 0.739. The van der Waals surface area contributed by atoms with E-state index in [1.165, 1.54) is 12.1 Å². The molecule has 1 N–H and O–H groups in total. The van der Waals surface area contributed by atoms with Gasteiger partial charge in [0.25, 0.3) is 0 Å². The largest absolute Gasteiger partial charge is 0.467 e. The molecule has 1 unspecified atom stereocenters. The zero-order chi connectivity index (χ0) is 22.5. The molecule has 1 aromatic heterocycles. The van der Waals surface area contributed by atoms with Gasteiger partial charge in [-0.25, -0.2) is 9.18 Å². The maximum absolute atomic E-state index is 13.5. The molecule has 0 radical (unpaired) electrons. The number of carbonyl (C=O) groups excluding carboxylic acids is 2. The minimum atomic E-state index is -0.337. The highest BCUT2D eigenvalue weighted by Gasteiger charge is 2.38. The lowest BCUT2D eigenvalue weighted by Gasteiger charge is -2.41. The number of nitrogens with one attached hydrogen (secondary N) is 1. The Balaban J connectivity index is 1.37. The molecule has 4 rings (SSSR count). The molecule has 1 aliphatic heterocycles. The molecular formula is C24H31FN4O3. The number of rotatable bonds is 6. The Hall–Kier alpha value is -2.87. The molecule has 2 fully saturated rings. The Kier molecular flexibility index (Phi) is 7.09. The number of halogens is 1. The van der Waals surface area contributed by atoms with Crippen molar-refractivity contribution in [1.82, 2.24) is 14.7 Å². The van der Waals surface area contributed by atoms with Gasteiger partial charge in [0, 0.05) is 38.9 Å². The Morgan fingerprint density at radius 2 is 1.81 bits per heavy atom. The first kappa shape index (κ1) is 22.3. The number of hydrogen-bond acceptors (Lipinski definition) is 4. The molecule has 8 heteroatoms. The van der Waals surface area contributed by atoms with Gasteiger partial charge >= 0.3 is 6.03 Å². The van der Waals surface area contributed by atoms with Crippen LogP contribution >= 0.6 is 0 Å². The van der Waals surface area contributed by atoms with Crippen LogP contribution < -0.4 is 5.32 Å². The molecule has 2 aliphatic rings. The first-order valence-corrected chi connectivity index (χ1v) is 11.3. The van der Waals surface area contributed by atoms with E-state index in [0.717, 1.165) is 31.4 Å². The molecule has 0 bridgehead atoms. The maximum atomic E-state index is 13.5. The molecule has 0 spiro atoms. The number of hydrogen-bond donors (Lipinski definition) is 1. The van der Waals surface area contributed by atoms with Crippen molar-refractivity contribution in [2.45, 2.75) is 38.3 Å². The van der Waals surface area contributed by atoms with Gasteiger partial charge in [0.15, 0.2) is 0 Å². The van der Waals surface area contributed by atoms with Crippen molar-refractivity contribution in [2.75, 3.05) is 38.5 Å². The lowest BCUT2D eigenvalue weighted by Crippen LogP contribution is -2.58. The summed E-state index contributed by atoms with van der Waals surface area (Å²) in [6.07, 6.45) is 6.08. The lowest BCUT2D eigenvalue weighted by molar-refractivity contribution is -0.139. The lowest BCUT2D eigenvalue weighted by atomic mass is 9.94. The zero-order valence-electron chi connectivity index (χ0n) is 18.5. The number of anilines is 1. The van der Waals surface area contributed by atoms with E-state index < -0.39 is 0 Å². The standard InChI is InChI=1S/C24H31FN4O3/c1-27(17-21-7-4-16-32-21)23(30)22(18-5-2-3-6-18)28-12-14-29(15-13-28)24(31)26-20-10-8-19(25)9-11-20/h4,7-11,16,18,22H,2-3,5-6,12-15,17H2,1H3,(H,26,31). The summed E-state index contributed by atoms with van der Waals surface area (Å²) in [5.74, 6) is 0.906. The van der Waals surface area contributed by atoms with Crippen LogP contribution in [0.25, 0.3) is 0 Å². The van der Waals surface area contributed by atoms with Gasteiger partial charge in [-0.3, -0.25) is 9.69 Å². The van der Waals surface area contributed by atoms with Crippen LogP contribution in [-0.4, -0.2) is 65.9 Å². The summed E-state index contributed by atoms with van der Waals surface area (Å²) in [6.45, 7) is 2.85. The topological polar surface area (TPSA) is 69.0 Å². The Labute approximate surface area is 188 Å². The molecule has 32 heavy (non-hydrogen) atoms. The molecular weight excluding hydrogens is 411 g/mol. The second-order valence-corrected chi connectivity index (χ2v) is 8.72. The Bertz CT molecular complexity index is 888. The van der Waals surface area contributed by atoms with Crippen molar-refractivity contribution in [3.63, 3.8) is 0 Å². The molecule has 2 heterocycles. The van der Waals surface area contributed by atoms with E-state index in [-0.39, 0.29) is 23.8 Å². The van der Waals surface area contributed by atoms with Crippen LogP contribution in [0.4, 0.5) is 14.9 Å². The highest BCUT2D eigenvalue weighted by molar-refractivity contribution is 5.89. The van der Waals surface area contributed by atoms with Gasteiger partial charge in [-0.15, -0.1) is 0 Å². The van der Waals surface area contributed by atoms with Crippen LogP contribution in [0.3, 0.4) is 0 Å². The maximum Gasteiger partial charge on any atom is 0.321 e. The molecule has 1 aromatic carbocycles. The number of amides is 3. The zero-order valence-corrected chi connectivity index (χ0v) is 18.5. The third-order valence-corrected chi connectivity index (χ3v) is 6.54. The van der Waals surface area contributed by atoms with Crippen LogP contribution in [0.5, 0.6) is 0 Å². The third-order valence-electron chi connectivity index (χ3n) is 6.54. The molecule has 1 saturated heterocycles. The van der Waals surface area contributed by atoms with Crippen LogP contribution in [0.1, 0.15) is 31.4 Å². The smallest absolute Gasteiger partial charge is 0.321 e. The van der Waals surface area contributed by atoms with Crippen molar-refractivity contribution in [1.29, 1.82) is 0 Å². The minimum Gasteiger partial charge on any atom is -0.467 e. The van der Waals surface area contributed by atoms with E-state index in [9.17, 15) is 14.0 Å². The van der Waals surface area contributed by atoms with E-state index in [4.69, 9.17) is 4.42 Å². The SMILES string of the molecule is CN(Cc1ccco1)C(=O)C(C1CCCC1)N1CCN(C(=O)Nc2ccc(F)cc2)CC1. The molecule has 7 nitrogen and oxygen atoms in total. The predicted octanol–water partition coefficient (Wildman–Crippen LogP) is 3.79. The molecule has 1 atom stereocenters. The van der Waals surface area contributed by atoms with E-state index in [1.54, 1.807) is 28.2 Å². The highest BCUT2D eigenvalue weighted by atomic mass is 19.1. The van der Waals surface area contributed by atoms with Crippen molar-refractivity contribution < 1.29 is 18.4 Å². The normalized spacial score (nSPS) is 18.5. The van der Waals surface area contributed by atoms with E-state index in [2.05, 4.69) is 10.2 Å². The average Bonchev–Trinajstić information content (AvgIpc) is 3.50. The number of benzene rings is 1. The number of furan rings is 1. The fraction of sp³-hybridized carbons (Fsp3) is 0.500. The predicted molar refractivity (Wildman–Crippen MR) is 119 cm³/mol. The number of nitrogens with zero attached hydrogens (tertiary/aromatic N) is 3. The summed E-state index contributed by atoms with van der Waals surface area (Å²) >= 11 is 0. The van der Waals surface area contributed by atoms with Crippen molar-refractivity contribution in [2.24, 2.45) is 5.92 Å². The van der Waals surface area contributed by atoms with Crippen LogP contribution in [-0.2, 0) is 11.3 Å². The van der Waals surface area contributed by atoms with Crippen LogP contribution in [0.15, 0.2) is 47.1 Å². The summed E-state index contributed by atoms with van der Waals surface area (Å²) in [7, 11) is 1.83. The molecule has 1 aliphatic carbocycles. The monoisotopic (exact) mass is 442 g/mol. The van der Waals surface area contributed by atoms with Gasteiger partial charge in [0.1, 0.15) is 11.6 Å². The second-order valence-electron chi connectivity index (χ2n) is 8.72. The molecule has 172 valence electrons. The summed E-state index contributed by atoms with van der Waals surface area (Å²) < 4.78 is 18.5. The fourth-order valence-electron chi connectivity index (χ4n) is 4.81. The summed E-state index contributed by atoms with van der Waals surface area (Å²) in [6, 6.07) is 9.09. The van der Waals surface area contributed by atoms with Gasteiger partial charge in [-0.2, -0.15) is 0 Å². The summed E-state index contributed by atoms with van der Waals surface area (Å²) in [5.41, 5.74) is 0.567. The number of piperazine rings is 1. The molecule has 3 amide bonds. The van der Waals surface area contributed by atoms with Crippen LogP contribution in [0.2, 0.25) is 0 Å². The number of urea groups is 1. The average molecular weight is 443 g/mol. The first-order valence-electron chi connectivity index (χ1n) is 11.3. The Morgan fingerprint density at radius 3 is 2.44 bits per heavy atom. The van der Waals surface area contributed by atoms with Gasteiger partial charge < -0.3 is 19.5 Å². The van der Waals surface area contributed by atoms with E-state index in [0.29, 0.717) is 44.3 Å². The third kappa shape index (κ3) is 5.30. The number of likely N-dealkylation sites (N-methyl/N-ethyl adjacent to an activating group) is 1. The first-order chi connectivity index (χ1) is 15.5. The van der Waals surface area contributed by atoms with E-state index in [1.807, 2.05) is 19.2 Å². The van der Waals surface area contributed by atoms with E-state index >= 15 is 0 Å². The minimum absolute atomic E-state index is 0.123.